The van der Waals surface area contributed by atoms with Crippen LogP contribution in [0.25, 0.3) is 0 Å². The van der Waals surface area contributed by atoms with Crippen molar-refractivity contribution in [2.24, 2.45) is 0 Å². The summed E-state index contributed by atoms with van der Waals surface area (Å²) in [5.41, 5.74) is 3.20. The van der Waals surface area contributed by atoms with Crippen LogP contribution in [0.4, 0.5) is 0 Å². The van der Waals surface area contributed by atoms with Gasteiger partial charge in [-0.1, -0.05) is 67.8 Å². The van der Waals surface area contributed by atoms with Crippen molar-refractivity contribution in [2.75, 3.05) is 0 Å². The molecule has 2 aromatic carbocycles. The normalized spacial score (nSPS) is 10.7. The molecule has 0 heterocycles. The van der Waals surface area contributed by atoms with Crippen LogP contribution in [-0.2, 0) is 12.8 Å². The van der Waals surface area contributed by atoms with Crippen molar-refractivity contribution < 1.29 is 20.1 Å². The van der Waals surface area contributed by atoms with Crippen molar-refractivity contribution >= 4 is 25.2 Å². The Labute approximate surface area is 150 Å². The van der Waals surface area contributed by atoms with E-state index in [4.69, 9.17) is 0 Å². The number of unbranched alkanes of at least 4 members (excludes halogenated alkanes) is 4. The van der Waals surface area contributed by atoms with Crippen LogP contribution < -0.4 is 10.9 Å². The molecule has 0 saturated heterocycles. The quantitative estimate of drug-likeness (QED) is 0.381. The highest BCUT2D eigenvalue weighted by Gasteiger charge is 2.15. The molecule has 0 unspecified atom stereocenters. The molecule has 0 aliphatic rings. The molecule has 0 amide bonds. The van der Waals surface area contributed by atoms with Gasteiger partial charge in [0.2, 0.25) is 0 Å². The minimum atomic E-state index is -1.40. The maximum Gasteiger partial charge on any atom is 0.488 e. The van der Waals surface area contributed by atoms with E-state index in [1.807, 2.05) is 36.4 Å². The van der Waals surface area contributed by atoms with Gasteiger partial charge in [-0.2, -0.15) is 0 Å². The zero-order chi connectivity index (χ0) is 18.1. The van der Waals surface area contributed by atoms with E-state index in [1.165, 1.54) is 0 Å². The van der Waals surface area contributed by atoms with Gasteiger partial charge in [-0.05, 0) is 47.7 Å². The van der Waals surface area contributed by atoms with E-state index in [0.29, 0.717) is 10.9 Å². The molecule has 4 N–H and O–H groups in total. The zero-order valence-electron chi connectivity index (χ0n) is 14.5. The highest BCUT2D eigenvalue weighted by Crippen LogP contribution is 2.10. The van der Waals surface area contributed by atoms with Gasteiger partial charge in [0.25, 0.3) is 0 Å². The van der Waals surface area contributed by atoms with Crippen LogP contribution in [0.2, 0.25) is 0 Å². The van der Waals surface area contributed by atoms with E-state index in [1.54, 1.807) is 12.1 Å². The van der Waals surface area contributed by atoms with Crippen LogP contribution in [0.1, 0.15) is 43.2 Å². The van der Waals surface area contributed by atoms with Crippen LogP contribution in [0.5, 0.6) is 0 Å². The Morgan fingerprint density at radius 3 is 1.28 bits per heavy atom. The summed E-state index contributed by atoms with van der Waals surface area (Å²) in [5.74, 6) is 0. The van der Waals surface area contributed by atoms with Gasteiger partial charge in [-0.15, -0.1) is 0 Å². The Morgan fingerprint density at radius 2 is 0.880 bits per heavy atom. The Morgan fingerprint density at radius 1 is 0.520 bits per heavy atom. The first-order valence-electron chi connectivity index (χ1n) is 8.97. The standard InChI is InChI=1S/C19H26B2O4/c22-20(23)18-14-8-6-12-16(18)10-4-2-1-3-5-11-17-13-7-9-15-19(17)21(24)25/h6-9,12-15,22-25H,1-5,10-11H2. The highest BCUT2D eigenvalue weighted by molar-refractivity contribution is 6.59. The second kappa shape index (κ2) is 10.4. The van der Waals surface area contributed by atoms with Crippen LogP contribution in [0.3, 0.4) is 0 Å². The lowest BCUT2D eigenvalue weighted by atomic mass is 9.76. The molecule has 132 valence electrons. The molecule has 0 aliphatic carbocycles. The fourth-order valence-corrected chi connectivity index (χ4v) is 3.19. The molecule has 4 nitrogen and oxygen atoms in total. The van der Waals surface area contributed by atoms with Gasteiger partial charge in [0.15, 0.2) is 0 Å². The van der Waals surface area contributed by atoms with Crippen LogP contribution in [0, 0.1) is 0 Å². The molecule has 0 bridgehead atoms. The van der Waals surface area contributed by atoms with Crippen molar-refractivity contribution in [2.45, 2.75) is 44.9 Å². The smallest absolute Gasteiger partial charge is 0.423 e. The molecule has 0 radical (unpaired) electrons. The Balaban J connectivity index is 1.66. The van der Waals surface area contributed by atoms with E-state index in [0.717, 1.165) is 56.1 Å². The number of hydrogen-bond donors (Lipinski definition) is 4. The summed E-state index contributed by atoms with van der Waals surface area (Å²) in [6.07, 6.45) is 7.07. The minimum Gasteiger partial charge on any atom is -0.423 e. The molecule has 0 spiro atoms. The Bertz CT molecular complexity index is 591. The van der Waals surface area contributed by atoms with E-state index in [9.17, 15) is 20.1 Å². The summed E-state index contributed by atoms with van der Waals surface area (Å²) in [6.45, 7) is 0. The minimum absolute atomic E-state index is 0.599. The lowest BCUT2D eigenvalue weighted by Gasteiger charge is -2.09. The summed E-state index contributed by atoms with van der Waals surface area (Å²) in [6, 6.07) is 14.9. The molecule has 6 heteroatoms. The fourth-order valence-electron chi connectivity index (χ4n) is 3.19. The average Bonchev–Trinajstić information content (AvgIpc) is 2.61. The molecule has 2 rings (SSSR count). The van der Waals surface area contributed by atoms with Crippen molar-refractivity contribution in [3.05, 3.63) is 59.7 Å². The second-order valence-corrected chi connectivity index (χ2v) is 6.41. The first-order chi connectivity index (χ1) is 12.1. The van der Waals surface area contributed by atoms with E-state index >= 15 is 0 Å². The largest absolute Gasteiger partial charge is 0.488 e. The maximum atomic E-state index is 9.37. The lowest BCUT2D eigenvalue weighted by molar-refractivity contribution is 0.424. The van der Waals surface area contributed by atoms with E-state index in [2.05, 4.69) is 0 Å². The van der Waals surface area contributed by atoms with Gasteiger partial charge < -0.3 is 20.1 Å². The van der Waals surface area contributed by atoms with Crippen molar-refractivity contribution in [1.82, 2.24) is 0 Å². The maximum absolute atomic E-state index is 9.37. The van der Waals surface area contributed by atoms with Crippen molar-refractivity contribution in [3.63, 3.8) is 0 Å². The first kappa shape index (κ1) is 19.7. The molecule has 0 fully saturated rings. The van der Waals surface area contributed by atoms with Crippen LogP contribution in [-0.4, -0.2) is 34.3 Å². The molecule has 2 aromatic rings. The van der Waals surface area contributed by atoms with Gasteiger partial charge in [0.1, 0.15) is 0 Å². The molecular weight excluding hydrogens is 314 g/mol. The second-order valence-electron chi connectivity index (χ2n) is 6.41. The monoisotopic (exact) mass is 340 g/mol. The van der Waals surface area contributed by atoms with Gasteiger partial charge in [-0.3, -0.25) is 0 Å². The summed E-state index contributed by atoms with van der Waals surface area (Å²) < 4.78 is 0. The number of rotatable bonds is 10. The Hall–Kier alpha value is -1.59. The van der Waals surface area contributed by atoms with Crippen LogP contribution in [0.15, 0.2) is 48.5 Å². The average molecular weight is 340 g/mol. The predicted molar refractivity (Wildman–Crippen MR) is 103 cm³/mol. The van der Waals surface area contributed by atoms with Gasteiger partial charge >= 0.3 is 14.2 Å². The third kappa shape index (κ3) is 6.33. The molecule has 0 aliphatic heterocycles. The molecule has 25 heavy (non-hydrogen) atoms. The number of hydrogen-bond acceptors (Lipinski definition) is 4. The summed E-state index contributed by atoms with van der Waals surface area (Å²) in [4.78, 5) is 0. The summed E-state index contributed by atoms with van der Waals surface area (Å²) >= 11 is 0. The number of benzene rings is 2. The van der Waals surface area contributed by atoms with E-state index in [-0.39, 0.29) is 0 Å². The third-order valence-corrected chi connectivity index (χ3v) is 4.56. The first-order valence-corrected chi connectivity index (χ1v) is 8.97. The van der Waals surface area contributed by atoms with Gasteiger partial charge in [0.05, 0.1) is 0 Å². The van der Waals surface area contributed by atoms with Gasteiger partial charge in [-0.25, -0.2) is 0 Å². The molecular formula is C19H26B2O4. The SMILES string of the molecule is OB(O)c1ccccc1CCCCCCCc1ccccc1B(O)O. The van der Waals surface area contributed by atoms with Gasteiger partial charge in [0, 0.05) is 0 Å². The highest BCUT2D eigenvalue weighted by atomic mass is 16.4. The van der Waals surface area contributed by atoms with Crippen molar-refractivity contribution in [3.8, 4) is 0 Å². The molecule has 0 atom stereocenters. The topological polar surface area (TPSA) is 80.9 Å². The third-order valence-electron chi connectivity index (χ3n) is 4.56. The summed E-state index contributed by atoms with van der Waals surface area (Å²) in [5, 5.41) is 37.5. The Kier molecular flexibility index (Phi) is 8.22. The lowest BCUT2D eigenvalue weighted by Crippen LogP contribution is -2.32. The van der Waals surface area contributed by atoms with E-state index < -0.39 is 14.2 Å². The summed E-state index contributed by atoms with van der Waals surface area (Å²) in [7, 11) is -2.81. The zero-order valence-corrected chi connectivity index (χ0v) is 14.5. The molecule has 0 aromatic heterocycles. The van der Waals surface area contributed by atoms with Crippen LogP contribution >= 0.6 is 0 Å². The predicted octanol–water partition coefficient (Wildman–Crippen LogP) is 0.782. The van der Waals surface area contributed by atoms with Crippen molar-refractivity contribution in [1.29, 1.82) is 0 Å². The fraction of sp³-hybridized carbons (Fsp3) is 0.368. The molecule has 0 saturated carbocycles. The number of aryl methyl sites for hydroxylation is 2.